The van der Waals surface area contributed by atoms with Gasteiger partial charge in [-0.3, -0.25) is 9.58 Å². The molecule has 23 heavy (non-hydrogen) atoms. The molecule has 0 radical (unpaired) electrons. The van der Waals surface area contributed by atoms with E-state index in [1.165, 1.54) is 16.6 Å². The smallest absolute Gasteiger partial charge is 0.0937 e. The van der Waals surface area contributed by atoms with E-state index in [1.807, 2.05) is 6.20 Å². The molecule has 2 heterocycles. The number of aromatic nitrogens is 2. The standard InChI is InChI=1S/C19H22N4/c1-16-14-21(11-12-22(16)18-8-3-2-4-9-18)15-23-19-10-6-5-7-17(19)13-20-23/h2-10,13,16H,11-12,14-15H2,1H3. The molecule has 4 nitrogen and oxygen atoms in total. The first kappa shape index (κ1) is 14.3. The third-order valence-electron chi connectivity index (χ3n) is 4.68. The maximum absolute atomic E-state index is 4.55. The van der Waals surface area contributed by atoms with E-state index < -0.39 is 0 Å². The molecule has 1 fully saturated rings. The first-order valence-electron chi connectivity index (χ1n) is 8.26. The van der Waals surface area contributed by atoms with Crippen LogP contribution in [0.15, 0.2) is 60.8 Å². The van der Waals surface area contributed by atoms with Crippen molar-refractivity contribution in [2.24, 2.45) is 0 Å². The minimum absolute atomic E-state index is 0.507. The second-order valence-electron chi connectivity index (χ2n) is 6.30. The summed E-state index contributed by atoms with van der Waals surface area (Å²) in [5.74, 6) is 0. The van der Waals surface area contributed by atoms with Crippen molar-refractivity contribution in [1.82, 2.24) is 14.7 Å². The van der Waals surface area contributed by atoms with Crippen LogP contribution >= 0.6 is 0 Å². The van der Waals surface area contributed by atoms with Crippen molar-refractivity contribution >= 4 is 16.6 Å². The lowest BCUT2D eigenvalue weighted by Crippen LogP contribution is -2.52. The number of rotatable bonds is 3. The number of hydrogen-bond donors (Lipinski definition) is 0. The van der Waals surface area contributed by atoms with Crippen molar-refractivity contribution in [1.29, 1.82) is 0 Å². The topological polar surface area (TPSA) is 24.3 Å². The second-order valence-corrected chi connectivity index (χ2v) is 6.30. The van der Waals surface area contributed by atoms with E-state index in [9.17, 15) is 0 Å². The Labute approximate surface area is 136 Å². The normalized spacial score (nSPS) is 19.3. The van der Waals surface area contributed by atoms with Gasteiger partial charge in [0.15, 0.2) is 0 Å². The van der Waals surface area contributed by atoms with Crippen molar-refractivity contribution in [3.05, 3.63) is 60.8 Å². The SMILES string of the molecule is CC1CN(Cn2ncc3ccccc32)CCN1c1ccccc1. The molecule has 0 amide bonds. The summed E-state index contributed by atoms with van der Waals surface area (Å²) >= 11 is 0. The van der Waals surface area contributed by atoms with Crippen LogP contribution in [0.5, 0.6) is 0 Å². The van der Waals surface area contributed by atoms with E-state index in [-0.39, 0.29) is 0 Å². The largest absolute Gasteiger partial charge is 0.366 e. The van der Waals surface area contributed by atoms with Gasteiger partial charge in [-0.25, -0.2) is 0 Å². The van der Waals surface area contributed by atoms with Crippen molar-refractivity contribution in [2.45, 2.75) is 19.6 Å². The van der Waals surface area contributed by atoms with Gasteiger partial charge in [0.25, 0.3) is 0 Å². The highest BCUT2D eigenvalue weighted by Gasteiger charge is 2.24. The maximum Gasteiger partial charge on any atom is 0.0937 e. The number of fused-ring (bicyclic) bond motifs is 1. The summed E-state index contributed by atoms with van der Waals surface area (Å²) in [6.45, 7) is 6.35. The van der Waals surface area contributed by atoms with Crippen LogP contribution in [0, 0.1) is 0 Å². The lowest BCUT2D eigenvalue weighted by atomic mass is 10.1. The predicted molar refractivity (Wildman–Crippen MR) is 94.6 cm³/mol. The van der Waals surface area contributed by atoms with E-state index in [0.29, 0.717) is 6.04 Å². The maximum atomic E-state index is 4.55. The van der Waals surface area contributed by atoms with Crippen LogP contribution in [0.25, 0.3) is 10.9 Å². The summed E-state index contributed by atoms with van der Waals surface area (Å²) in [5, 5.41) is 5.76. The number of hydrogen-bond acceptors (Lipinski definition) is 3. The molecule has 0 saturated carbocycles. The van der Waals surface area contributed by atoms with E-state index in [0.717, 1.165) is 26.3 Å². The number of anilines is 1. The minimum Gasteiger partial charge on any atom is -0.366 e. The number of nitrogens with zero attached hydrogens (tertiary/aromatic N) is 4. The molecule has 0 N–H and O–H groups in total. The third kappa shape index (κ3) is 2.82. The fourth-order valence-corrected chi connectivity index (χ4v) is 3.49. The van der Waals surface area contributed by atoms with Crippen LogP contribution in [0.4, 0.5) is 5.69 Å². The fourth-order valence-electron chi connectivity index (χ4n) is 3.49. The molecule has 1 atom stereocenters. The number of piperazine rings is 1. The van der Waals surface area contributed by atoms with Gasteiger partial charge < -0.3 is 4.90 Å². The molecule has 1 unspecified atom stereocenters. The van der Waals surface area contributed by atoms with Crippen molar-refractivity contribution in [3.8, 4) is 0 Å². The second kappa shape index (κ2) is 6.05. The molecule has 3 aromatic rings. The zero-order valence-corrected chi connectivity index (χ0v) is 13.5. The van der Waals surface area contributed by atoms with Crippen molar-refractivity contribution in [2.75, 3.05) is 24.5 Å². The van der Waals surface area contributed by atoms with Crippen LogP contribution in [0.2, 0.25) is 0 Å². The van der Waals surface area contributed by atoms with Crippen LogP contribution in [0.1, 0.15) is 6.92 Å². The molecule has 1 aliphatic rings. The third-order valence-corrected chi connectivity index (χ3v) is 4.68. The van der Waals surface area contributed by atoms with Gasteiger partial charge in [-0.15, -0.1) is 0 Å². The quantitative estimate of drug-likeness (QED) is 0.742. The van der Waals surface area contributed by atoms with Gasteiger partial charge in [0.2, 0.25) is 0 Å². The fraction of sp³-hybridized carbons (Fsp3) is 0.316. The lowest BCUT2D eigenvalue weighted by molar-refractivity contribution is 0.177. The Hall–Kier alpha value is -2.33. The Kier molecular flexibility index (Phi) is 3.75. The van der Waals surface area contributed by atoms with Crippen LogP contribution in [-0.2, 0) is 6.67 Å². The minimum atomic E-state index is 0.507. The zero-order valence-electron chi connectivity index (χ0n) is 13.5. The van der Waals surface area contributed by atoms with Crippen LogP contribution in [0.3, 0.4) is 0 Å². The zero-order chi connectivity index (χ0) is 15.6. The molecular weight excluding hydrogens is 284 g/mol. The Morgan fingerprint density at radius 1 is 1.00 bits per heavy atom. The molecular formula is C19H22N4. The molecule has 1 aromatic heterocycles. The molecule has 4 rings (SSSR count). The molecule has 1 aliphatic heterocycles. The van der Waals surface area contributed by atoms with Gasteiger partial charge >= 0.3 is 0 Å². The van der Waals surface area contributed by atoms with Gasteiger partial charge in [0.1, 0.15) is 0 Å². The lowest BCUT2D eigenvalue weighted by Gasteiger charge is -2.41. The Morgan fingerprint density at radius 2 is 1.78 bits per heavy atom. The molecule has 0 spiro atoms. The molecule has 0 aliphatic carbocycles. The summed E-state index contributed by atoms with van der Waals surface area (Å²) in [6, 6.07) is 19.6. The molecule has 118 valence electrons. The van der Waals surface area contributed by atoms with E-state index >= 15 is 0 Å². The molecule has 0 bridgehead atoms. The van der Waals surface area contributed by atoms with E-state index in [2.05, 4.69) is 81.1 Å². The average Bonchev–Trinajstić information content (AvgIpc) is 2.99. The molecule has 2 aromatic carbocycles. The Bertz CT molecular complexity index is 780. The Balaban J connectivity index is 1.46. The predicted octanol–water partition coefficient (Wildman–Crippen LogP) is 3.20. The first-order valence-corrected chi connectivity index (χ1v) is 8.26. The van der Waals surface area contributed by atoms with Gasteiger partial charge in [-0.1, -0.05) is 36.4 Å². The summed E-state index contributed by atoms with van der Waals surface area (Å²) < 4.78 is 2.11. The van der Waals surface area contributed by atoms with Gasteiger partial charge in [-0.05, 0) is 25.1 Å². The first-order chi connectivity index (χ1) is 11.3. The summed E-state index contributed by atoms with van der Waals surface area (Å²) in [7, 11) is 0. The summed E-state index contributed by atoms with van der Waals surface area (Å²) in [6.07, 6.45) is 1.96. The van der Waals surface area contributed by atoms with Gasteiger partial charge in [0, 0.05) is 36.7 Å². The number of benzene rings is 2. The summed E-state index contributed by atoms with van der Waals surface area (Å²) in [5.41, 5.74) is 2.54. The highest BCUT2D eigenvalue weighted by molar-refractivity contribution is 5.78. The van der Waals surface area contributed by atoms with Crippen LogP contribution in [-0.4, -0.2) is 40.4 Å². The molecule has 4 heteroatoms. The van der Waals surface area contributed by atoms with Crippen molar-refractivity contribution < 1.29 is 0 Å². The van der Waals surface area contributed by atoms with Crippen LogP contribution < -0.4 is 4.90 Å². The Morgan fingerprint density at radius 3 is 2.61 bits per heavy atom. The highest BCUT2D eigenvalue weighted by Crippen LogP contribution is 2.21. The van der Waals surface area contributed by atoms with Crippen molar-refractivity contribution in [3.63, 3.8) is 0 Å². The van der Waals surface area contributed by atoms with Gasteiger partial charge in [-0.2, -0.15) is 5.10 Å². The van der Waals surface area contributed by atoms with E-state index in [4.69, 9.17) is 0 Å². The average molecular weight is 306 g/mol. The van der Waals surface area contributed by atoms with E-state index in [1.54, 1.807) is 0 Å². The highest BCUT2D eigenvalue weighted by atomic mass is 15.4. The summed E-state index contributed by atoms with van der Waals surface area (Å²) in [4.78, 5) is 4.99. The van der Waals surface area contributed by atoms with Gasteiger partial charge in [0.05, 0.1) is 18.4 Å². The number of para-hydroxylation sites is 2. The monoisotopic (exact) mass is 306 g/mol. The molecule has 1 saturated heterocycles.